The summed E-state index contributed by atoms with van der Waals surface area (Å²) in [5.41, 5.74) is 0.717. The largest absolute Gasteiger partial charge is 0.383 e. The molecule has 3 nitrogen and oxygen atoms in total. The van der Waals surface area contributed by atoms with Gasteiger partial charge in [-0.3, -0.25) is 4.79 Å². The highest BCUT2D eigenvalue weighted by molar-refractivity contribution is 5.83. The SMILES string of the molecule is COCCN(CC(C)C)C(=O)C12CC3CC(C)(CC(C)(C3)C1)C2. The van der Waals surface area contributed by atoms with Gasteiger partial charge in [0, 0.05) is 20.2 Å². The first-order chi connectivity index (χ1) is 10.7. The maximum absolute atomic E-state index is 13.6. The summed E-state index contributed by atoms with van der Waals surface area (Å²) in [6.07, 6.45) is 7.39. The molecule has 4 bridgehead atoms. The highest BCUT2D eigenvalue weighted by Crippen LogP contribution is 2.69. The lowest BCUT2D eigenvalue weighted by Crippen LogP contribution is -2.60. The molecule has 0 heterocycles. The molecule has 0 aliphatic heterocycles. The van der Waals surface area contributed by atoms with Crippen LogP contribution in [0.1, 0.15) is 66.2 Å². The molecule has 2 atom stereocenters. The molecule has 23 heavy (non-hydrogen) atoms. The van der Waals surface area contributed by atoms with Crippen molar-refractivity contribution in [3.8, 4) is 0 Å². The van der Waals surface area contributed by atoms with Gasteiger partial charge >= 0.3 is 0 Å². The van der Waals surface area contributed by atoms with E-state index in [1.54, 1.807) is 7.11 Å². The number of carbonyl (C=O) groups is 1. The zero-order chi connectivity index (χ0) is 16.9. The van der Waals surface area contributed by atoms with E-state index < -0.39 is 0 Å². The fraction of sp³-hybridized carbons (Fsp3) is 0.950. The number of nitrogens with zero attached hydrogens (tertiary/aromatic N) is 1. The van der Waals surface area contributed by atoms with E-state index in [0.29, 0.717) is 29.3 Å². The molecule has 0 aromatic heterocycles. The summed E-state index contributed by atoms with van der Waals surface area (Å²) in [4.78, 5) is 15.7. The van der Waals surface area contributed by atoms with Gasteiger partial charge < -0.3 is 9.64 Å². The van der Waals surface area contributed by atoms with E-state index in [0.717, 1.165) is 38.3 Å². The molecule has 4 saturated carbocycles. The summed E-state index contributed by atoms with van der Waals surface area (Å²) in [5.74, 6) is 1.72. The third kappa shape index (κ3) is 3.18. The average molecular weight is 322 g/mol. The van der Waals surface area contributed by atoms with Gasteiger partial charge in [0.05, 0.1) is 12.0 Å². The summed E-state index contributed by atoms with van der Waals surface area (Å²) in [6, 6.07) is 0. The highest BCUT2D eigenvalue weighted by Gasteiger charge is 2.63. The van der Waals surface area contributed by atoms with E-state index in [2.05, 4.69) is 32.6 Å². The Hall–Kier alpha value is -0.570. The molecule has 4 aliphatic carbocycles. The van der Waals surface area contributed by atoms with Crippen molar-refractivity contribution in [1.29, 1.82) is 0 Å². The smallest absolute Gasteiger partial charge is 0.228 e. The van der Waals surface area contributed by atoms with E-state index in [9.17, 15) is 4.79 Å². The van der Waals surface area contributed by atoms with Crippen molar-refractivity contribution < 1.29 is 9.53 Å². The summed E-state index contributed by atoms with van der Waals surface area (Å²) < 4.78 is 5.27. The molecule has 4 fully saturated rings. The number of hydrogen-bond donors (Lipinski definition) is 0. The van der Waals surface area contributed by atoms with E-state index in [1.807, 2.05) is 0 Å². The maximum Gasteiger partial charge on any atom is 0.228 e. The van der Waals surface area contributed by atoms with Crippen molar-refractivity contribution >= 4 is 5.91 Å². The van der Waals surface area contributed by atoms with Gasteiger partial charge in [-0.1, -0.05) is 27.7 Å². The molecular weight excluding hydrogens is 286 g/mol. The number of amides is 1. The predicted molar refractivity (Wildman–Crippen MR) is 93.1 cm³/mol. The zero-order valence-corrected chi connectivity index (χ0v) is 15.8. The molecule has 4 rings (SSSR count). The van der Waals surface area contributed by atoms with Crippen LogP contribution in [0.4, 0.5) is 0 Å². The lowest BCUT2D eigenvalue weighted by molar-refractivity contribution is -0.180. The zero-order valence-electron chi connectivity index (χ0n) is 15.8. The van der Waals surface area contributed by atoms with Gasteiger partial charge in [-0.05, 0) is 61.2 Å². The fourth-order valence-electron chi connectivity index (χ4n) is 6.94. The Morgan fingerprint density at radius 2 is 1.74 bits per heavy atom. The second-order valence-corrected chi connectivity index (χ2v) is 10.0. The van der Waals surface area contributed by atoms with E-state index in [-0.39, 0.29) is 5.41 Å². The standard InChI is InChI=1S/C20H35NO2/c1-15(2)11-21(6-7-23-5)17(22)20-10-16-8-18(3,13-20)12-19(4,9-16)14-20/h15-16H,6-14H2,1-5H3. The Morgan fingerprint density at radius 1 is 1.13 bits per heavy atom. The normalized spacial score (nSPS) is 41.6. The predicted octanol–water partition coefficient (Wildman–Crippen LogP) is 4.11. The van der Waals surface area contributed by atoms with Crippen molar-refractivity contribution in [2.24, 2.45) is 28.1 Å². The van der Waals surface area contributed by atoms with Crippen molar-refractivity contribution in [3.05, 3.63) is 0 Å². The molecule has 4 aliphatic rings. The fourth-order valence-corrected chi connectivity index (χ4v) is 6.94. The lowest BCUT2D eigenvalue weighted by atomic mass is 9.40. The molecule has 1 amide bonds. The molecule has 0 radical (unpaired) electrons. The number of methoxy groups -OCH3 is 1. The van der Waals surface area contributed by atoms with Crippen LogP contribution in [0, 0.1) is 28.1 Å². The molecule has 0 spiro atoms. The highest BCUT2D eigenvalue weighted by atomic mass is 16.5. The number of carbonyl (C=O) groups excluding carboxylic acids is 1. The molecule has 2 unspecified atom stereocenters. The van der Waals surface area contributed by atoms with Gasteiger partial charge in [-0.15, -0.1) is 0 Å². The van der Waals surface area contributed by atoms with Crippen molar-refractivity contribution in [3.63, 3.8) is 0 Å². The summed E-state index contributed by atoms with van der Waals surface area (Å²) in [6.45, 7) is 11.5. The molecule has 0 aromatic carbocycles. The number of ether oxygens (including phenoxy) is 1. The second-order valence-electron chi connectivity index (χ2n) is 10.0. The first-order valence-electron chi connectivity index (χ1n) is 9.48. The van der Waals surface area contributed by atoms with Crippen LogP contribution in [-0.4, -0.2) is 37.6 Å². The molecule has 0 saturated heterocycles. The van der Waals surface area contributed by atoms with Crippen molar-refractivity contribution in [2.45, 2.75) is 66.2 Å². The van der Waals surface area contributed by atoms with Crippen LogP contribution in [-0.2, 0) is 9.53 Å². The quantitative estimate of drug-likeness (QED) is 0.736. The molecule has 3 heteroatoms. The molecule has 0 N–H and O–H groups in total. The Balaban J connectivity index is 1.84. The van der Waals surface area contributed by atoms with Crippen molar-refractivity contribution in [1.82, 2.24) is 4.90 Å². The summed E-state index contributed by atoms with van der Waals surface area (Å²) in [5, 5.41) is 0. The number of hydrogen-bond acceptors (Lipinski definition) is 2. The summed E-state index contributed by atoms with van der Waals surface area (Å²) >= 11 is 0. The van der Waals surface area contributed by atoms with Crippen LogP contribution in [0.2, 0.25) is 0 Å². The first-order valence-corrected chi connectivity index (χ1v) is 9.48. The molecule has 0 aromatic rings. The summed E-state index contributed by atoms with van der Waals surface area (Å²) in [7, 11) is 1.73. The van der Waals surface area contributed by atoms with E-state index in [4.69, 9.17) is 4.74 Å². The topological polar surface area (TPSA) is 29.5 Å². The van der Waals surface area contributed by atoms with Crippen LogP contribution < -0.4 is 0 Å². The Labute approximate surface area is 142 Å². The number of rotatable bonds is 6. The first kappa shape index (κ1) is 17.3. The van der Waals surface area contributed by atoms with Crippen molar-refractivity contribution in [2.75, 3.05) is 26.8 Å². The monoisotopic (exact) mass is 321 g/mol. The van der Waals surface area contributed by atoms with Gasteiger partial charge in [0.25, 0.3) is 0 Å². The van der Waals surface area contributed by atoms with Gasteiger partial charge in [0.2, 0.25) is 5.91 Å². The Morgan fingerprint density at radius 3 is 2.22 bits per heavy atom. The molecule has 132 valence electrons. The van der Waals surface area contributed by atoms with Crippen LogP contribution >= 0.6 is 0 Å². The van der Waals surface area contributed by atoms with Crippen LogP contribution in [0.5, 0.6) is 0 Å². The van der Waals surface area contributed by atoms with Gasteiger partial charge in [-0.25, -0.2) is 0 Å². The van der Waals surface area contributed by atoms with Gasteiger partial charge in [-0.2, -0.15) is 0 Å². The van der Waals surface area contributed by atoms with Gasteiger partial charge in [0.1, 0.15) is 0 Å². The van der Waals surface area contributed by atoms with E-state index >= 15 is 0 Å². The van der Waals surface area contributed by atoms with Crippen LogP contribution in [0.15, 0.2) is 0 Å². The maximum atomic E-state index is 13.6. The Kier molecular flexibility index (Phi) is 4.32. The van der Waals surface area contributed by atoms with Gasteiger partial charge in [0.15, 0.2) is 0 Å². The van der Waals surface area contributed by atoms with Crippen LogP contribution in [0.3, 0.4) is 0 Å². The average Bonchev–Trinajstić information content (AvgIpc) is 2.38. The van der Waals surface area contributed by atoms with Crippen LogP contribution in [0.25, 0.3) is 0 Å². The Bertz CT molecular complexity index is 454. The minimum Gasteiger partial charge on any atom is -0.383 e. The third-order valence-corrected chi connectivity index (χ3v) is 6.52. The minimum atomic E-state index is -0.0778. The third-order valence-electron chi connectivity index (χ3n) is 6.52. The lowest BCUT2D eigenvalue weighted by Gasteiger charge is -2.65. The minimum absolute atomic E-state index is 0.0778. The van der Waals surface area contributed by atoms with E-state index in [1.165, 1.54) is 19.3 Å². The second kappa shape index (κ2) is 5.75. The molecular formula is C20H35NO2.